The van der Waals surface area contributed by atoms with E-state index in [1.54, 1.807) is 0 Å². The van der Waals surface area contributed by atoms with Crippen molar-refractivity contribution in [1.82, 2.24) is 0 Å². The predicted octanol–water partition coefficient (Wildman–Crippen LogP) is 1.05. The highest BCUT2D eigenvalue weighted by atomic mass is 19.1. The summed E-state index contributed by atoms with van der Waals surface area (Å²) in [6.07, 6.45) is 0. The van der Waals surface area contributed by atoms with Crippen LogP contribution in [0.4, 0.5) is 4.39 Å². The zero-order valence-electron chi connectivity index (χ0n) is 8.78. The molecular weight excluding hydrogens is 211 g/mol. The van der Waals surface area contributed by atoms with E-state index in [1.165, 1.54) is 12.1 Å². The molecule has 0 saturated heterocycles. The van der Waals surface area contributed by atoms with Gasteiger partial charge in [-0.2, -0.15) is 5.26 Å². The lowest BCUT2D eigenvalue weighted by molar-refractivity contribution is 0.104. The molecular formula is C11H13FN2O2. The predicted molar refractivity (Wildman–Crippen MR) is 56.5 cm³/mol. The molecule has 1 aromatic carbocycles. The summed E-state index contributed by atoms with van der Waals surface area (Å²) in [5.74, 6) is -0.423. The van der Waals surface area contributed by atoms with Crippen molar-refractivity contribution >= 4 is 0 Å². The second-order valence-corrected chi connectivity index (χ2v) is 3.01. The van der Waals surface area contributed by atoms with Gasteiger partial charge < -0.3 is 15.2 Å². The summed E-state index contributed by atoms with van der Waals surface area (Å²) in [4.78, 5) is 0. The number of halogens is 1. The van der Waals surface area contributed by atoms with Crippen LogP contribution in [0.1, 0.15) is 5.56 Å². The molecule has 0 unspecified atom stereocenters. The van der Waals surface area contributed by atoms with Gasteiger partial charge in [-0.05, 0) is 18.2 Å². The highest BCUT2D eigenvalue weighted by molar-refractivity contribution is 5.35. The summed E-state index contributed by atoms with van der Waals surface area (Å²) < 4.78 is 23.5. The van der Waals surface area contributed by atoms with E-state index >= 15 is 0 Å². The number of hydrogen-bond acceptors (Lipinski definition) is 4. The molecule has 86 valence electrons. The van der Waals surface area contributed by atoms with Crippen molar-refractivity contribution in [3.05, 3.63) is 29.6 Å². The van der Waals surface area contributed by atoms with Crippen LogP contribution in [0.5, 0.6) is 5.75 Å². The molecule has 0 atom stereocenters. The average Bonchev–Trinajstić information content (AvgIpc) is 2.30. The molecule has 0 aliphatic rings. The molecule has 1 aromatic rings. The summed E-state index contributed by atoms with van der Waals surface area (Å²) in [5, 5.41) is 8.54. The molecule has 16 heavy (non-hydrogen) atoms. The van der Waals surface area contributed by atoms with Crippen molar-refractivity contribution in [2.75, 3.05) is 26.4 Å². The van der Waals surface area contributed by atoms with Crippen LogP contribution >= 0.6 is 0 Å². The van der Waals surface area contributed by atoms with Crippen LogP contribution in [0.2, 0.25) is 0 Å². The van der Waals surface area contributed by atoms with Gasteiger partial charge in [0.15, 0.2) is 11.6 Å². The minimum Gasteiger partial charge on any atom is -0.488 e. The molecule has 0 heterocycles. The molecule has 0 aliphatic carbocycles. The van der Waals surface area contributed by atoms with Crippen molar-refractivity contribution in [1.29, 1.82) is 5.26 Å². The minimum atomic E-state index is -0.544. The zero-order chi connectivity index (χ0) is 11.8. The molecule has 0 bridgehead atoms. The Hall–Kier alpha value is -1.64. The maximum absolute atomic E-state index is 13.3. The first-order valence-corrected chi connectivity index (χ1v) is 4.88. The quantitative estimate of drug-likeness (QED) is 0.733. The topological polar surface area (TPSA) is 68.3 Å². The van der Waals surface area contributed by atoms with Crippen molar-refractivity contribution in [2.45, 2.75) is 0 Å². The van der Waals surface area contributed by atoms with Crippen molar-refractivity contribution in [3.63, 3.8) is 0 Å². The molecule has 0 spiro atoms. The molecule has 4 nitrogen and oxygen atoms in total. The molecule has 0 amide bonds. The van der Waals surface area contributed by atoms with Gasteiger partial charge in [0.05, 0.1) is 24.8 Å². The van der Waals surface area contributed by atoms with Gasteiger partial charge in [-0.15, -0.1) is 0 Å². The Morgan fingerprint density at radius 1 is 1.31 bits per heavy atom. The third-order valence-corrected chi connectivity index (χ3v) is 1.81. The van der Waals surface area contributed by atoms with Crippen LogP contribution in [-0.4, -0.2) is 26.4 Å². The zero-order valence-corrected chi connectivity index (χ0v) is 8.78. The van der Waals surface area contributed by atoms with E-state index in [4.69, 9.17) is 20.5 Å². The number of nitrogens with two attached hydrogens (primary N) is 1. The second kappa shape index (κ2) is 6.77. The number of ether oxygens (including phenoxy) is 2. The van der Waals surface area contributed by atoms with Gasteiger partial charge in [0, 0.05) is 6.54 Å². The van der Waals surface area contributed by atoms with Gasteiger partial charge >= 0.3 is 0 Å². The monoisotopic (exact) mass is 224 g/mol. The third-order valence-electron chi connectivity index (χ3n) is 1.81. The number of nitriles is 1. The number of hydrogen-bond donors (Lipinski definition) is 1. The average molecular weight is 224 g/mol. The van der Waals surface area contributed by atoms with E-state index in [0.717, 1.165) is 6.07 Å². The Bertz CT molecular complexity index is 377. The Morgan fingerprint density at radius 3 is 2.75 bits per heavy atom. The molecule has 0 fully saturated rings. The SMILES string of the molecule is N#Cc1ccc(OCCOCCN)c(F)c1. The van der Waals surface area contributed by atoms with E-state index < -0.39 is 5.82 Å². The first-order chi connectivity index (χ1) is 7.77. The fourth-order valence-electron chi connectivity index (χ4n) is 1.08. The number of benzene rings is 1. The Morgan fingerprint density at radius 2 is 2.12 bits per heavy atom. The molecule has 0 radical (unpaired) electrons. The standard InChI is InChI=1S/C11H13FN2O2/c12-10-7-9(8-14)1-2-11(10)16-6-5-15-4-3-13/h1-2,7H,3-6,13H2. The molecule has 2 N–H and O–H groups in total. The van der Waals surface area contributed by atoms with E-state index in [-0.39, 0.29) is 17.9 Å². The van der Waals surface area contributed by atoms with Crippen LogP contribution in [0.3, 0.4) is 0 Å². The Balaban J connectivity index is 2.40. The van der Waals surface area contributed by atoms with E-state index in [2.05, 4.69) is 0 Å². The van der Waals surface area contributed by atoms with E-state index in [0.29, 0.717) is 19.8 Å². The summed E-state index contributed by atoms with van der Waals surface area (Å²) in [6, 6.07) is 5.91. The Kier molecular flexibility index (Phi) is 5.26. The van der Waals surface area contributed by atoms with Crippen LogP contribution in [0.15, 0.2) is 18.2 Å². The molecule has 1 rings (SSSR count). The van der Waals surface area contributed by atoms with Crippen LogP contribution in [0.25, 0.3) is 0 Å². The van der Waals surface area contributed by atoms with Crippen LogP contribution < -0.4 is 10.5 Å². The maximum Gasteiger partial charge on any atom is 0.166 e. The van der Waals surface area contributed by atoms with Gasteiger partial charge in [0.1, 0.15) is 6.61 Å². The first kappa shape index (κ1) is 12.4. The maximum atomic E-state index is 13.3. The largest absolute Gasteiger partial charge is 0.488 e. The second-order valence-electron chi connectivity index (χ2n) is 3.01. The van der Waals surface area contributed by atoms with Gasteiger partial charge in [-0.25, -0.2) is 4.39 Å². The molecule has 5 heteroatoms. The fraction of sp³-hybridized carbons (Fsp3) is 0.364. The lowest BCUT2D eigenvalue weighted by Gasteiger charge is -2.07. The highest BCUT2D eigenvalue weighted by Gasteiger charge is 2.04. The van der Waals surface area contributed by atoms with Crippen molar-refractivity contribution in [3.8, 4) is 11.8 Å². The first-order valence-electron chi connectivity index (χ1n) is 4.88. The van der Waals surface area contributed by atoms with Gasteiger partial charge in [0.25, 0.3) is 0 Å². The number of nitrogens with zero attached hydrogens (tertiary/aromatic N) is 1. The lowest BCUT2D eigenvalue weighted by Crippen LogP contribution is -2.13. The van der Waals surface area contributed by atoms with Gasteiger partial charge in [-0.1, -0.05) is 0 Å². The third kappa shape index (κ3) is 3.85. The normalized spacial score (nSPS) is 9.81. The van der Waals surface area contributed by atoms with Crippen LogP contribution in [-0.2, 0) is 4.74 Å². The smallest absolute Gasteiger partial charge is 0.166 e. The van der Waals surface area contributed by atoms with Crippen molar-refractivity contribution < 1.29 is 13.9 Å². The van der Waals surface area contributed by atoms with Gasteiger partial charge in [0.2, 0.25) is 0 Å². The van der Waals surface area contributed by atoms with Crippen LogP contribution in [0, 0.1) is 17.1 Å². The molecule has 0 saturated carbocycles. The fourth-order valence-corrected chi connectivity index (χ4v) is 1.08. The minimum absolute atomic E-state index is 0.121. The summed E-state index contributed by atoms with van der Waals surface area (Å²) in [7, 11) is 0. The van der Waals surface area contributed by atoms with Crippen molar-refractivity contribution in [2.24, 2.45) is 5.73 Å². The molecule has 0 aliphatic heterocycles. The molecule has 0 aromatic heterocycles. The highest BCUT2D eigenvalue weighted by Crippen LogP contribution is 2.17. The number of rotatable bonds is 6. The summed E-state index contributed by atoms with van der Waals surface area (Å²) in [6.45, 7) is 1.52. The van der Waals surface area contributed by atoms with Gasteiger partial charge in [-0.3, -0.25) is 0 Å². The lowest BCUT2D eigenvalue weighted by atomic mass is 10.2. The van der Waals surface area contributed by atoms with E-state index in [1.807, 2.05) is 6.07 Å². The Labute approximate surface area is 93.4 Å². The summed E-state index contributed by atoms with van der Waals surface area (Å²) in [5.41, 5.74) is 5.49. The summed E-state index contributed by atoms with van der Waals surface area (Å²) >= 11 is 0. The van der Waals surface area contributed by atoms with E-state index in [9.17, 15) is 4.39 Å².